The summed E-state index contributed by atoms with van der Waals surface area (Å²) in [5.41, 5.74) is 0.493. The van der Waals surface area contributed by atoms with E-state index in [-0.39, 0.29) is 35.4 Å². The van der Waals surface area contributed by atoms with Gasteiger partial charge in [0.05, 0.1) is 57.8 Å². The molecule has 0 bridgehead atoms. The summed E-state index contributed by atoms with van der Waals surface area (Å²) in [6.07, 6.45) is -0.0722. The number of hydrogen-bond acceptors (Lipinski definition) is 8. The fraction of sp³-hybridized carbons (Fsp3) is 0.385. The van der Waals surface area contributed by atoms with Gasteiger partial charge in [-0.05, 0) is 49.7 Å². The van der Waals surface area contributed by atoms with Crippen LogP contribution in [-0.2, 0) is 14.3 Å². The van der Waals surface area contributed by atoms with Gasteiger partial charge in [0, 0.05) is 12.1 Å². The number of nitrogens with zero attached hydrogens (tertiary/aromatic N) is 1. The lowest BCUT2D eigenvalue weighted by molar-refractivity contribution is -0.140. The van der Waals surface area contributed by atoms with Crippen molar-refractivity contribution in [3.8, 4) is 23.0 Å². The van der Waals surface area contributed by atoms with Crippen molar-refractivity contribution in [1.29, 1.82) is 0 Å². The van der Waals surface area contributed by atoms with Crippen molar-refractivity contribution in [2.75, 3.05) is 41.6 Å². The molecule has 194 valence electrons. The molecule has 1 saturated heterocycles. The van der Waals surface area contributed by atoms with Crippen molar-refractivity contribution in [1.82, 2.24) is 4.90 Å². The van der Waals surface area contributed by atoms with Crippen LogP contribution in [0.5, 0.6) is 23.0 Å². The lowest BCUT2D eigenvalue weighted by Crippen LogP contribution is -2.33. The summed E-state index contributed by atoms with van der Waals surface area (Å²) in [4.78, 5) is 27.8. The highest BCUT2D eigenvalue weighted by Gasteiger charge is 2.46. The van der Waals surface area contributed by atoms with E-state index >= 15 is 0 Å². The number of likely N-dealkylation sites (tertiary alicyclic amines) is 1. The van der Waals surface area contributed by atoms with Crippen LogP contribution < -0.4 is 18.9 Å². The van der Waals surface area contributed by atoms with Crippen LogP contribution in [0.4, 0.5) is 0 Å². The number of rotatable bonds is 10. The Morgan fingerprint density at radius 2 is 1.64 bits per heavy atom. The Kier molecular flexibility index (Phi) is 8.70. The molecule has 1 aliphatic rings. The summed E-state index contributed by atoms with van der Waals surface area (Å²) >= 11 is 6.36. The minimum Gasteiger partial charge on any atom is -0.507 e. The van der Waals surface area contributed by atoms with E-state index in [2.05, 4.69) is 0 Å². The number of ketones is 1. The molecular formula is C26H30ClNO8. The van der Waals surface area contributed by atoms with Crippen molar-refractivity contribution in [3.05, 3.63) is 52.1 Å². The third kappa shape index (κ3) is 5.22. The van der Waals surface area contributed by atoms with E-state index in [0.717, 1.165) is 0 Å². The molecule has 1 N–H and O–H groups in total. The molecule has 0 spiro atoms. The van der Waals surface area contributed by atoms with E-state index in [1.54, 1.807) is 18.2 Å². The number of benzene rings is 2. The summed E-state index contributed by atoms with van der Waals surface area (Å²) in [6.45, 7) is 4.03. The smallest absolute Gasteiger partial charge is 0.295 e. The Morgan fingerprint density at radius 3 is 2.17 bits per heavy atom. The van der Waals surface area contributed by atoms with E-state index in [4.69, 9.17) is 35.3 Å². The van der Waals surface area contributed by atoms with Gasteiger partial charge in [-0.3, -0.25) is 9.59 Å². The number of ether oxygens (including phenoxy) is 5. The second-order valence-corrected chi connectivity index (χ2v) is 8.62. The quantitative estimate of drug-likeness (QED) is 0.283. The molecule has 9 nitrogen and oxygen atoms in total. The number of aliphatic hydroxyl groups is 1. The average molecular weight is 520 g/mol. The zero-order valence-corrected chi connectivity index (χ0v) is 21.8. The Balaban J connectivity index is 2.26. The van der Waals surface area contributed by atoms with E-state index in [1.165, 1.54) is 45.5 Å². The molecule has 0 aromatic heterocycles. The molecule has 10 heteroatoms. The molecule has 1 amide bonds. The number of carbonyl (C=O) groups excluding carboxylic acids is 2. The van der Waals surface area contributed by atoms with Crippen LogP contribution in [-0.4, -0.2) is 69.4 Å². The molecule has 1 unspecified atom stereocenters. The number of aliphatic hydroxyl groups excluding tert-OH is 1. The maximum Gasteiger partial charge on any atom is 0.295 e. The molecule has 3 rings (SSSR count). The summed E-state index contributed by atoms with van der Waals surface area (Å²) in [5, 5.41) is 11.5. The summed E-state index contributed by atoms with van der Waals surface area (Å²) in [6, 6.07) is 6.95. The molecule has 0 saturated carbocycles. The predicted molar refractivity (Wildman–Crippen MR) is 134 cm³/mol. The standard InChI is InChI=1S/C26H30ClNO8/c1-14(2)36-10-9-28-22(15-11-19(33-4)25(35-6)20(12-15)34-5)21(24(30)26(28)31)23(29)17-13-16(32-3)7-8-18(17)27/h7-8,11-14,22,29H,9-10H2,1-6H3/b23-21+. The van der Waals surface area contributed by atoms with Crippen LogP contribution in [0.15, 0.2) is 35.9 Å². The SMILES string of the molecule is COc1ccc(Cl)c(/C(O)=C2\C(=O)C(=O)N(CCOC(C)C)C2c2cc(OC)c(OC)c(OC)c2)c1. The van der Waals surface area contributed by atoms with Crippen LogP contribution >= 0.6 is 11.6 Å². The van der Waals surface area contributed by atoms with Gasteiger partial charge in [-0.15, -0.1) is 0 Å². The van der Waals surface area contributed by atoms with Gasteiger partial charge in [0.2, 0.25) is 5.75 Å². The maximum absolute atomic E-state index is 13.3. The van der Waals surface area contributed by atoms with Crippen LogP contribution in [0.25, 0.3) is 5.76 Å². The first-order valence-corrected chi connectivity index (χ1v) is 11.6. The first-order chi connectivity index (χ1) is 17.2. The van der Waals surface area contributed by atoms with Crippen LogP contribution in [0.2, 0.25) is 5.02 Å². The third-order valence-corrected chi connectivity index (χ3v) is 6.08. The Hall–Kier alpha value is -3.43. The predicted octanol–water partition coefficient (Wildman–Crippen LogP) is 4.22. The molecule has 2 aromatic rings. The summed E-state index contributed by atoms with van der Waals surface area (Å²) in [7, 11) is 5.87. The van der Waals surface area contributed by atoms with Crippen molar-refractivity contribution < 1.29 is 38.4 Å². The second-order valence-electron chi connectivity index (χ2n) is 8.22. The van der Waals surface area contributed by atoms with Crippen LogP contribution in [0, 0.1) is 0 Å². The fourth-order valence-corrected chi connectivity index (χ4v) is 4.27. The minimum absolute atomic E-state index is 0.0722. The molecule has 0 radical (unpaired) electrons. The summed E-state index contributed by atoms with van der Waals surface area (Å²) in [5.74, 6) is -0.630. The average Bonchev–Trinajstić information content (AvgIpc) is 3.12. The van der Waals surface area contributed by atoms with Gasteiger partial charge < -0.3 is 33.7 Å². The van der Waals surface area contributed by atoms with Gasteiger partial charge in [0.15, 0.2) is 11.5 Å². The van der Waals surface area contributed by atoms with Gasteiger partial charge in [0.1, 0.15) is 11.5 Å². The number of halogens is 1. The van der Waals surface area contributed by atoms with Crippen LogP contribution in [0.1, 0.15) is 31.0 Å². The van der Waals surface area contributed by atoms with Crippen molar-refractivity contribution in [3.63, 3.8) is 0 Å². The molecule has 36 heavy (non-hydrogen) atoms. The zero-order chi connectivity index (χ0) is 26.6. The number of methoxy groups -OCH3 is 4. The molecular weight excluding hydrogens is 490 g/mol. The fourth-order valence-electron chi connectivity index (χ4n) is 4.06. The molecule has 1 heterocycles. The van der Waals surface area contributed by atoms with Crippen molar-refractivity contribution in [2.24, 2.45) is 0 Å². The largest absolute Gasteiger partial charge is 0.507 e. The zero-order valence-electron chi connectivity index (χ0n) is 21.1. The lowest BCUT2D eigenvalue weighted by Gasteiger charge is -2.27. The Bertz CT molecular complexity index is 1150. The van der Waals surface area contributed by atoms with Gasteiger partial charge >= 0.3 is 0 Å². The number of Topliss-reactive ketones (excluding diaryl/α,β-unsaturated/α-hetero) is 1. The first kappa shape index (κ1) is 27.2. The Labute approximate surface area is 215 Å². The number of carbonyl (C=O) groups is 2. The molecule has 1 fully saturated rings. The number of hydrogen-bond donors (Lipinski definition) is 1. The van der Waals surface area contributed by atoms with Gasteiger partial charge in [-0.1, -0.05) is 11.6 Å². The van der Waals surface area contributed by atoms with Gasteiger partial charge in [0.25, 0.3) is 11.7 Å². The Morgan fingerprint density at radius 1 is 1.00 bits per heavy atom. The topological polar surface area (TPSA) is 104 Å². The van der Waals surface area contributed by atoms with Gasteiger partial charge in [-0.25, -0.2) is 0 Å². The maximum atomic E-state index is 13.3. The highest BCUT2D eigenvalue weighted by atomic mass is 35.5. The van der Waals surface area contributed by atoms with Crippen molar-refractivity contribution in [2.45, 2.75) is 26.0 Å². The van der Waals surface area contributed by atoms with E-state index in [0.29, 0.717) is 28.6 Å². The normalized spacial score (nSPS) is 17.0. The number of amides is 1. The highest BCUT2D eigenvalue weighted by Crippen LogP contribution is 2.46. The van der Waals surface area contributed by atoms with E-state index < -0.39 is 23.5 Å². The summed E-state index contributed by atoms with van der Waals surface area (Å²) < 4.78 is 27.2. The van der Waals surface area contributed by atoms with Gasteiger partial charge in [-0.2, -0.15) is 0 Å². The molecule has 1 aliphatic heterocycles. The first-order valence-electron chi connectivity index (χ1n) is 11.2. The molecule has 2 aromatic carbocycles. The van der Waals surface area contributed by atoms with Crippen LogP contribution in [0.3, 0.4) is 0 Å². The van der Waals surface area contributed by atoms with E-state index in [9.17, 15) is 14.7 Å². The highest BCUT2D eigenvalue weighted by molar-refractivity contribution is 6.47. The van der Waals surface area contributed by atoms with Crippen molar-refractivity contribution >= 4 is 29.1 Å². The third-order valence-electron chi connectivity index (χ3n) is 5.75. The molecule has 0 aliphatic carbocycles. The minimum atomic E-state index is -0.975. The lowest BCUT2D eigenvalue weighted by atomic mass is 9.94. The molecule has 1 atom stereocenters. The second kappa shape index (κ2) is 11.5. The monoisotopic (exact) mass is 519 g/mol. The van der Waals surface area contributed by atoms with E-state index in [1.807, 2.05) is 13.8 Å².